The molecule has 1 spiro atoms. The average Bonchev–Trinajstić information content (AvgIpc) is 3.16. The molecule has 2 fully saturated rings. The fraction of sp³-hybridized carbons (Fsp3) is 0.737. The lowest BCUT2D eigenvalue weighted by Crippen LogP contribution is -2.55. The molecular weight excluding hydrogens is 332 g/mol. The van der Waals surface area contributed by atoms with Crippen molar-refractivity contribution in [1.29, 1.82) is 0 Å². The SMILES string of the molecule is CCCCOC(=O)N1CCCC2(CCC(=O)N(CCc3cnc[nH]3)C2)C1. The van der Waals surface area contributed by atoms with Crippen molar-refractivity contribution >= 4 is 12.0 Å². The molecule has 2 aliphatic heterocycles. The maximum absolute atomic E-state index is 12.4. The number of nitrogens with one attached hydrogen (secondary N) is 1. The Morgan fingerprint density at radius 1 is 1.38 bits per heavy atom. The smallest absolute Gasteiger partial charge is 0.409 e. The highest BCUT2D eigenvalue weighted by molar-refractivity contribution is 5.77. The van der Waals surface area contributed by atoms with Crippen molar-refractivity contribution in [3.8, 4) is 0 Å². The predicted molar refractivity (Wildman–Crippen MR) is 97.6 cm³/mol. The van der Waals surface area contributed by atoms with Crippen LogP contribution in [0.25, 0.3) is 0 Å². The number of rotatable bonds is 6. The summed E-state index contributed by atoms with van der Waals surface area (Å²) in [5.74, 6) is 0.220. The first kappa shape index (κ1) is 18.7. The molecule has 2 aliphatic rings. The molecule has 1 aromatic rings. The van der Waals surface area contributed by atoms with Crippen LogP contribution in [0.3, 0.4) is 0 Å². The topological polar surface area (TPSA) is 78.5 Å². The van der Waals surface area contributed by atoms with E-state index >= 15 is 0 Å². The number of H-pyrrole nitrogens is 1. The second-order valence-electron chi connectivity index (χ2n) is 7.64. The van der Waals surface area contributed by atoms with Crippen LogP contribution < -0.4 is 0 Å². The number of likely N-dealkylation sites (tertiary alicyclic amines) is 2. The maximum atomic E-state index is 12.4. The zero-order chi connectivity index (χ0) is 18.4. The van der Waals surface area contributed by atoms with Gasteiger partial charge in [0.2, 0.25) is 5.91 Å². The summed E-state index contributed by atoms with van der Waals surface area (Å²) in [6, 6.07) is 0. The molecule has 2 amide bonds. The minimum Gasteiger partial charge on any atom is -0.449 e. The van der Waals surface area contributed by atoms with Crippen molar-refractivity contribution in [1.82, 2.24) is 19.8 Å². The molecule has 1 unspecified atom stereocenters. The molecule has 0 aliphatic carbocycles. The monoisotopic (exact) mass is 362 g/mol. The highest BCUT2D eigenvalue weighted by atomic mass is 16.6. The fourth-order valence-electron chi connectivity index (χ4n) is 4.07. The van der Waals surface area contributed by atoms with E-state index in [-0.39, 0.29) is 17.4 Å². The summed E-state index contributed by atoms with van der Waals surface area (Å²) in [5, 5.41) is 0. The molecule has 26 heavy (non-hydrogen) atoms. The zero-order valence-electron chi connectivity index (χ0n) is 15.7. The number of ether oxygens (including phenoxy) is 1. The van der Waals surface area contributed by atoms with Gasteiger partial charge in [-0.15, -0.1) is 0 Å². The van der Waals surface area contributed by atoms with Gasteiger partial charge in [-0.2, -0.15) is 0 Å². The van der Waals surface area contributed by atoms with E-state index in [1.54, 1.807) is 12.5 Å². The van der Waals surface area contributed by atoms with Crippen molar-refractivity contribution in [2.75, 3.05) is 32.8 Å². The van der Waals surface area contributed by atoms with E-state index in [2.05, 4.69) is 16.9 Å². The number of aromatic nitrogens is 2. The van der Waals surface area contributed by atoms with Gasteiger partial charge in [-0.25, -0.2) is 9.78 Å². The third-order valence-electron chi connectivity index (χ3n) is 5.60. The van der Waals surface area contributed by atoms with Crippen LogP contribution in [0.2, 0.25) is 0 Å². The van der Waals surface area contributed by atoms with Gasteiger partial charge in [0, 0.05) is 56.3 Å². The molecule has 3 rings (SSSR count). The number of aromatic amines is 1. The minimum atomic E-state index is -0.196. The summed E-state index contributed by atoms with van der Waals surface area (Å²) >= 11 is 0. The Kier molecular flexibility index (Phi) is 6.16. The van der Waals surface area contributed by atoms with E-state index in [0.717, 1.165) is 57.3 Å². The second-order valence-corrected chi connectivity index (χ2v) is 7.64. The predicted octanol–water partition coefficient (Wildman–Crippen LogP) is 2.59. The summed E-state index contributed by atoms with van der Waals surface area (Å²) in [6.07, 6.45) is 9.46. The Balaban J connectivity index is 1.57. The molecular formula is C19H30N4O3. The van der Waals surface area contributed by atoms with Crippen LogP contribution in [-0.2, 0) is 16.0 Å². The zero-order valence-corrected chi connectivity index (χ0v) is 15.7. The van der Waals surface area contributed by atoms with Crippen LogP contribution in [-0.4, -0.2) is 64.6 Å². The first-order valence-electron chi connectivity index (χ1n) is 9.79. The summed E-state index contributed by atoms with van der Waals surface area (Å²) < 4.78 is 5.40. The molecule has 7 nitrogen and oxygen atoms in total. The van der Waals surface area contributed by atoms with Gasteiger partial charge in [0.15, 0.2) is 0 Å². The van der Waals surface area contributed by atoms with E-state index in [4.69, 9.17) is 4.74 Å². The molecule has 0 bridgehead atoms. The lowest BCUT2D eigenvalue weighted by atomic mass is 9.73. The van der Waals surface area contributed by atoms with Crippen LogP contribution in [0.4, 0.5) is 4.79 Å². The number of imidazole rings is 1. The van der Waals surface area contributed by atoms with Gasteiger partial charge < -0.3 is 19.5 Å². The minimum absolute atomic E-state index is 0.0178. The number of carbonyl (C=O) groups excluding carboxylic acids is 2. The highest BCUT2D eigenvalue weighted by Crippen LogP contribution is 2.39. The van der Waals surface area contributed by atoms with Gasteiger partial charge >= 0.3 is 6.09 Å². The highest BCUT2D eigenvalue weighted by Gasteiger charge is 2.42. The summed E-state index contributed by atoms with van der Waals surface area (Å²) in [7, 11) is 0. The lowest BCUT2D eigenvalue weighted by Gasteiger charge is -2.47. The van der Waals surface area contributed by atoms with E-state index in [1.807, 2.05) is 9.80 Å². The van der Waals surface area contributed by atoms with Gasteiger partial charge in [-0.1, -0.05) is 13.3 Å². The standard InChI is InChI=1S/C19H30N4O3/c1-2-3-11-26-18(25)23-9-4-7-19(14-23)8-5-17(24)22(13-19)10-6-16-12-20-15-21-16/h12,15H,2-11,13-14H2,1H3,(H,20,21). The van der Waals surface area contributed by atoms with Crippen LogP contribution in [0.1, 0.15) is 51.1 Å². The molecule has 7 heteroatoms. The Hall–Kier alpha value is -2.05. The van der Waals surface area contributed by atoms with Gasteiger partial charge in [0.05, 0.1) is 12.9 Å². The van der Waals surface area contributed by atoms with E-state index in [9.17, 15) is 9.59 Å². The number of unbranched alkanes of at least 4 members (excludes halogenated alkanes) is 1. The van der Waals surface area contributed by atoms with Crippen molar-refractivity contribution in [3.63, 3.8) is 0 Å². The molecule has 3 heterocycles. The van der Waals surface area contributed by atoms with E-state index in [0.29, 0.717) is 26.1 Å². The Morgan fingerprint density at radius 3 is 3.04 bits per heavy atom. The molecule has 1 N–H and O–H groups in total. The lowest BCUT2D eigenvalue weighted by molar-refractivity contribution is -0.139. The van der Waals surface area contributed by atoms with Crippen LogP contribution in [0.5, 0.6) is 0 Å². The first-order valence-corrected chi connectivity index (χ1v) is 9.79. The van der Waals surface area contributed by atoms with Crippen molar-refractivity contribution in [2.45, 2.75) is 51.9 Å². The molecule has 1 atom stereocenters. The maximum Gasteiger partial charge on any atom is 0.409 e. The number of amides is 2. The van der Waals surface area contributed by atoms with Gasteiger partial charge in [-0.3, -0.25) is 4.79 Å². The molecule has 1 aromatic heterocycles. The summed E-state index contributed by atoms with van der Waals surface area (Å²) in [6.45, 7) is 5.47. The van der Waals surface area contributed by atoms with Gasteiger partial charge in [0.1, 0.15) is 0 Å². The second kappa shape index (κ2) is 8.56. The molecule has 0 aromatic carbocycles. The van der Waals surface area contributed by atoms with E-state index in [1.165, 1.54) is 0 Å². The third kappa shape index (κ3) is 4.56. The Bertz CT molecular complexity index is 604. The number of carbonyl (C=O) groups is 2. The largest absolute Gasteiger partial charge is 0.449 e. The number of piperidine rings is 2. The molecule has 0 radical (unpaired) electrons. The van der Waals surface area contributed by atoms with Gasteiger partial charge in [-0.05, 0) is 25.7 Å². The quantitative estimate of drug-likeness (QED) is 0.789. The van der Waals surface area contributed by atoms with Crippen molar-refractivity contribution < 1.29 is 14.3 Å². The molecule has 144 valence electrons. The van der Waals surface area contributed by atoms with Crippen LogP contribution in [0, 0.1) is 5.41 Å². The molecule has 2 saturated heterocycles. The third-order valence-corrected chi connectivity index (χ3v) is 5.60. The Morgan fingerprint density at radius 2 is 2.27 bits per heavy atom. The van der Waals surface area contributed by atoms with Crippen LogP contribution in [0.15, 0.2) is 12.5 Å². The number of nitrogens with zero attached hydrogens (tertiary/aromatic N) is 3. The normalized spacial score (nSPS) is 23.5. The average molecular weight is 362 g/mol. The molecule has 0 saturated carbocycles. The van der Waals surface area contributed by atoms with Gasteiger partial charge in [0.25, 0.3) is 0 Å². The van der Waals surface area contributed by atoms with Crippen molar-refractivity contribution in [3.05, 3.63) is 18.2 Å². The number of hydrogen-bond acceptors (Lipinski definition) is 4. The first-order chi connectivity index (χ1) is 12.6. The van der Waals surface area contributed by atoms with Crippen LogP contribution >= 0.6 is 0 Å². The fourth-order valence-corrected chi connectivity index (χ4v) is 4.07. The summed E-state index contributed by atoms with van der Waals surface area (Å²) in [5.41, 5.74) is 1.06. The summed E-state index contributed by atoms with van der Waals surface area (Å²) in [4.78, 5) is 35.6. The van der Waals surface area contributed by atoms with Crippen molar-refractivity contribution in [2.24, 2.45) is 5.41 Å². The number of hydrogen-bond donors (Lipinski definition) is 1. The Labute approximate surface area is 155 Å². The van der Waals surface area contributed by atoms with E-state index < -0.39 is 0 Å².